The fourth-order valence-electron chi connectivity index (χ4n) is 9.37. The predicted molar refractivity (Wildman–Crippen MR) is 236 cm³/mol. The summed E-state index contributed by atoms with van der Waals surface area (Å²) >= 11 is 0. The third-order valence-electron chi connectivity index (χ3n) is 11.7. The summed E-state index contributed by atoms with van der Waals surface area (Å²) in [6.07, 6.45) is 0. The van der Waals surface area contributed by atoms with E-state index >= 15 is 0 Å². The molecule has 11 rings (SSSR count). The number of hydrogen-bond acceptors (Lipinski definition) is 2. The zero-order valence-corrected chi connectivity index (χ0v) is 31.2. The number of hydrogen-bond donors (Lipinski definition) is 0. The first-order valence-electron chi connectivity index (χ1n) is 19.6. The van der Waals surface area contributed by atoms with Gasteiger partial charge in [-0.25, -0.2) is 9.97 Å². The molecular weight excluding hydrogens is 689 g/mol. The van der Waals surface area contributed by atoms with Crippen molar-refractivity contribution in [1.29, 1.82) is 0 Å². The molecule has 1 heterocycles. The quantitative estimate of drug-likeness (QED) is 0.160. The van der Waals surface area contributed by atoms with E-state index in [-0.39, 0.29) is 0 Å². The molecule has 1 aromatic heterocycles. The first-order valence-corrected chi connectivity index (χ1v) is 19.6. The van der Waals surface area contributed by atoms with E-state index in [1.807, 2.05) is 24.3 Å². The van der Waals surface area contributed by atoms with Crippen molar-refractivity contribution in [2.45, 2.75) is 5.41 Å². The van der Waals surface area contributed by atoms with Gasteiger partial charge >= 0.3 is 0 Å². The van der Waals surface area contributed by atoms with Gasteiger partial charge in [0.2, 0.25) is 0 Å². The van der Waals surface area contributed by atoms with Crippen LogP contribution in [-0.4, -0.2) is 9.97 Å². The van der Waals surface area contributed by atoms with Crippen LogP contribution in [0.3, 0.4) is 0 Å². The summed E-state index contributed by atoms with van der Waals surface area (Å²) in [5.41, 5.74) is 14.2. The van der Waals surface area contributed by atoms with Crippen molar-refractivity contribution in [2.75, 3.05) is 0 Å². The van der Waals surface area contributed by atoms with Crippen LogP contribution in [-0.2, 0) is 5.41 Å². The molecule has 0 bridgehead atoms. The topological polar surface area (TPSA) is 25.8 Å². The number of nitrogens with zero attached hydrogens (tertiary/aromatic N) is 2. The average molecular weight is 725 g/mol. The van der Waals surface area contributed by atoms with E-state index in [4.69, 9.17) is 9.97 Å². The second-order valence-electron chi connectivity index (χ2n) is 14.8. The van der Waals surface area contributed by atoms with Crippen LogP contribution < -0.4 is 0 Å². The van der Waals surface area contributed by atoms with Crippen LogP contribution in [0.2, 0.25) is 0 Å². The highest BCUT2D eigenvalue weighted by Crippen LogP contribution is 2.60. The highest BCUT2D eigenvalue weighted by molar-refractivity contribution is 6.17. The lowest BCUT2D eigenvalue weighted by Crippen LogP contribution is -2.29. The second-order valence-corrected chi connectivity index (χ2v) is 14.8. The van der Waals surface area contributed by atoms with E-state index in [1.165, 1.54) is 66.1 Å². The number of benzene rings is 9. The lowest BCUT2D eigenvalue weighted by atomic mass is 9.64. The van der Waals surface area contributed by atoms with Crippen LogP contribution in [0.15, 0.2) is 218 Å². The normalized spacial score (nSPS) is 14.4. The first kappa shape index (κ1) is 33.0. The number of rotatable bonds is 6. The Hall–Kier alpha value is -7.42. The van der Waals surface area contributed by atoms with Gasteiger partial charge in [-0.2, -0.15) is 0 Å². The van der Waals surface area contributed by atoms with E-state index in [0.717, 1.165) is 28.1 Å². The van der Waals surface area contributed by atoms with Crippen LogP contribution in [0.4, 0.5) is 0 Å². The lowest BCUT2D eigenvalue weighted by Gasteiger charge is -2.36. The van der Waals surface area contributed by atoms with Crippen LogP contribution >= 0.6 is 0 Å². The first-order chi connectivity index (χ1) is 28.3. The van der Waals surface area contributed by atoms with Crippen molar-refractivity contribution < 1.29 is 0 Å². The molecule has 0 spiro atoms. The molecule has 57 heavy (non-hydrogen) atoms. The minimum absolute atomic E-state index is 0.658. The van der Waals surface area contributed by atoms with Crippen molar-refractivity contribution in [1.82, 2.24) is 9.97 Å². The van der Waals surface area contributed by atoms with Gasteiger partial charge in [-0.15, -0.1) is 0 Å². The molecule has 0 amide bonds. The average Bonchev–Trinajstić information content (AvgIpc) is 3.59. The summed E-state index contributed by atoms with van der Waals surface area (Å²) < 4.78 is 0. The van der Waals surface area contributed by atoms with Gasteiger partial charge < -0.3 is 0 Å². The molecule has 9 aromatic carbocycles. The summed E-state index contributed by atoms with van der Waals surface area (Å²) in [5, 5.41) is 4.97. The molecule has 0 fully saturated rings. The highest BCUT2D eigenvalue weighted by Gasteiger charge is 2.48. The number of aromatic nitrogens is 2. The number of fused-ring (bicyclic) bond motifs is 5. The van der Waals surface area contributed by atoms with Crippen LogP contribution in [0.25, 0.3) is 77.7 Å². The highest BCUT2D eigenvalue weighted by atomic mass is 14.9. The van der Waals surface area contributed by atoms with Crippen molar-refractivity contribution >= 4 is 21.5 Å². The monoisotopic (exact) mass is 724 g/mol. The maximum atomic E-state index is 5.30. The molecule has 1 aliphatic rings. The summed E-state index contributed by atoms with van der Waals surface area (Å²) in [6, 6.07) is 78.9. The molecule has 10 aromatic rings. The summed E-state index contributed by atoms with van der Waals surface area (Å²) in [4.78, 5) is 10.4. The smallest absolute Gasteiger partial charge is 0.160 e. The molecular formula is C55H36N2. The summed E-state index contributed by atoms with van der Waals surface area (Å²) in [6.45, 7) is 0. The van der Waals surface area contributed by atoms with Crippen LogP contribution in [0, 0.1) is 0 Å². The third-order valence-corrected chi connectivity index (χ3v) is 11.7. The maximum absolute atomic E-state index is 5.30. The molecule has 1 aliphatic carbocycles. The molecule has 0 aliphatic heterocycles. The second kappa shape index (κ2) is 13.4. The van der Waals surface area contributed by atoms with E-state index < -0.39 is 5.41 Å². The molecule has 0 saturated carbocycles. The standard InChI is InChI=1S/C55H36N2/c1-5-19-37(20-6-1)50-36-51(57-54(56-50)39-23-9-3-10-24-39)40-33-34-43-42-27-17-18-32-48(42)55(49(43)35-40,41-25-11-4-12-26-41)53-46-30-15-13-28-44(46)52(38-21-7-2-8-22-38)45-29-14-16-31-47(45)53/h1-36H. The van der Waals surface area contributed by atoms with Gasteiger partial charge in [-0.05, 0) is 78.2 Å². The Labute approximate surface area is 332 Å². The van der Waals surface area contributed by atoms with Crippen molar-refractivity contribution in [2.24, 2.45) is 0 Å². The van der Waals surface area contributed by atoms with Gasteiger partial charge in [0.1, 0.15) is 0 Å². The van der Waals surface area contributed by atoms with Crippen molar-refractivity contribution in [3.63, 3.8) is 0 Å². The molecule has 2 heteroatoms. The minimum Gasteiger partial charge on any atom is -0.228 e. The fraction of sp³-hybridized carbons (Fsp3) is 0.0182. The molecule has 266 valence electrons. The van der Waals surface area contributed by atoms with E-state index in [0.29, 0.717) is 5.82 Å². The molecule has 1 unspecified atom stereocenters. The summed E-state index contributed by atoms with van der Waals surface area (Å²) in [7, 11) is 0. The molecule has 0 saturated heterocycles. The van der Waals surface area contributed by atoms with Gasteiger partial charge in [-0.1, -0.05) is 206 Å². The Balaban J connectivity index is 1.26. The Bertz CT molecular complexity index is 2990. The van der Waals surface area contributed by atoms with Crippen LogP contribution in [0.5, 0.6) is 0 Å². The minimum atomic E-state index is -0.658. The Kier molecular flexibility index (Phi) is 7.75. The molecule has 2 nitrogen and oxygen atoms in total. The Morgan fingerprint density at radius 3 is 1.42 bits per heavy atom. The summed E-state index contributed by atoms with van der Waals surface area (Å²) in [5.74, 6) is 0.707. The van der Waals surface area contributed by atoms with Gasteiger partial charge in [0.15, 0.2) is 5.82 Å². The third kappa shape index (κ3) is 5.18. The Morgan fingerprint density at radius 1 is 0.316 bits per heavy atom. The van der Waals surface area contributed by atoms with Crippen LogP contribution in [0.1, 0.15) is 22.3 Å². The van der Waals surface area contributed by atoms with E-state index in [2.05, 4.69) is 194 Å². The van der Waals surface area contributed by atoms with E-state index in [1.54, 1.807) is 0 Å². The van der Waals surface area contributed by atoms with Gasteiger partial charge in [0.25, 0.3) is 0 Å². The van der Waals surface area contributed by atoms with Crippen molar-refractivity contribution in [3.05, 3.63) is 241 Å². The molecule has 0 radical (unpaired) electrons. The fourth-order valence-corrected chi connectivity index (χ4v) is 9.37. The molecule has 0 N–H and O–H groups in total. The van der Waals surface area contributed by atoms with Gasteiger partial charge in [0, 0.05) is 16.7 Å². The SMILES string of the molecule is c1ccc(-c2cc(-c3ccc4c(c3)C(c3ccccc3)(c3c5ccccc5c(-c5ccccc5)c5ccccc35)c3ccccc3-4)nc(-c3ccccc3)n2)cc1. The molecule has 1 atom stereocenters. The Morgan fingerprint density at radius 2 is 0.789 bits per heavy atom. The van der Waals surface area contributed by atoms with Gasteiger partial charge in [-0.3, -0.25) is 0 Å². The predicted octanol–water partition coefficient (Wildman–Crippen LogP) is 13.8. The van der Waals surface area contributed by atoms with Crippen molar-refractivity contribution in [3.8, 4) is 56.2 Å². The largest absolute Gasteiger partial charge is 0.228 e. The zero-order chi connectivity index (χ0) is 37.8. The maximum Gasteiger partial charge on any atom is 0.160 e. The zero-order valence-electron chi connectivity index (χ0n) is 31.2. The van der Waals surface area contributed by atoms with Gasteiger partial charge in [0.05, 0.1) is 16.8 Å². The van der Waals surface area contributed by atoms with E-state index in [9.17, 15) is 0 Å². The lowest BCUT2D eigenvalue weighted by molar-refractivity contribution is 0.784.